The second-order valence-electron chi connectivity index (χ2n) is 5.58. The number of aryl methyl sites for hydroxylation is 1. The van der Waals surface area contributed by atoms with E-state index in [1.807, 2.05) is 26.1 Å². The van der Waals surface area contributed by atoms with Crippen molar-refractivity contribution >= 4 is 17.5 Å². The summed E-state index contributed by atoms with van der Waals surface area (Å²) in [6.45, 7) is 10.7. The monoisotopic (exact) mass is 227 g/mol. The van der Waals surface area contributed by atoms with Crippen LogP contribution in [0.5, 0.6) is 0 Å². The Hall–Kier alpha value is -1.66. The molecule has 2 rings (SSSR count). The van der Waals surface area contributed by atoms with E-state index in [4.69, 9.17) is 0 Å². The molecule has 0 amide bonds. The van der Waals surface area contributed by atoms with E-state index in [1.54, 1.807) is 0 Å². The van der Waals surface area contributed by atoms with Crippen molar-refractivity contribution in [3.63, 3.8) is 0 Å². The Balaban J connectivity index is 2.51. The fraction of sp³-hybridized carbons (Fsp3) is 0.400. The van der Waals surface area contributed by atoms with Gasteiger partial charge < -0.3 is 0 Å². The molecule has 0 saturated heterocycles. The van der Waals surface area contributed by atoms with Crippen molar-refractivity contribution in [1.29, 1.82) is 0 Å². The molecule has 0 fully saturated rings. The van der Waals surface area contributed by atoms with Crippen LogP contribution in [0.2, 0.25) is 0 Å². The highest BCUT2D eigenvalue weighted by atomic mass is 14.7. The normalized spacial score (nSPS) is 14.9. The minimum Gasteiger partial charge on any atom is -0.253 e. The van der Waals surface area contributed by atoms with Gasteiger partial charge in [0.15, 0.2) is 0 Å². The molecule has 0 N–H and O–H groups in total. The minimum atomic E-state index is 0.149. The first-order chi connectivity index (χ1) is 7.88. The lowest BCUT2D eigenvalue weighted by atomic mass is 9.86. The van der Waals surface area contributed by atoms with Crippen molar-refractivity contribution < 1.29 is 0 Å². The average molecular weight is 227 g/mol. The summed E-state index contributed by atoms with van der Waals surface area (Å²) < 4.78 is 4.27. The zero-order chi connectivity index (χ0) is 12.6. The molecule has 0 bridgehead atoms. The van der Waals surface area contributed by atoms with E-state index in [9.17, 15) is 0 Å². The van der Waals surface area contributed by atoms with Crippen LogP contribution >= 0.6 is 0 Å². The highest BCUT2D eigenvalue weighted by Gasteiger charge is 2.21. The Labute approximate surface area is 103 Å². The maximum absolute atomic E-state index is 4.61. The molecule has 0 atom stereocenters. The average Bonchev–Trinajstić information content (AvgIpc) is 2.62. The molecular formula is C15H19N2+. The number of nitrogens with zero attached hydrogens (tertiary/aromatic N) is 2. The standard InChI is InChI=1S/C15H19N2/c1-10-8-12(15(3,4)5)9-14(17-10)13-6-7-16-11(13)2/h6-9H,1-5H3/q+1. The first kappa shape index (κ1) is 11.8. The minimum absolute atomic E-state index is 0.149. The van der Waals surface area contributed by atoms with Crippen LogP contribution in [0.25, 0.3) is 5.57 Å². The van der Waals surface area contributed by atoms with Gasteiger partial charge in [0.1, 0.15) is 0 Å². The van der Waals surface area contributed by atoms with Crippen LogP contribution in [0.15, 0.2) is 18.2 Å². The summed E-state index contributed by atoms with van der Waals surface area (Å²) in [5.41, 5.74) is 5.75. The van der Waals surface area contributed by atoms with Crippen LogP contribution < -0.4 is 4.67 Å². The van der Waals surface area contributed by atoms with Crippen molar-refractivity contribution in [3.8, 4) is 0 Å². The third-order valence-corrected chi connectivity index (χ3v) is 2.99. The zero-order valence-electron chi connectivity index (χ0n) is 11.2. The largest absolute Gasteiger partial charge is 0.310 e. The lowest BCUT2D eigenvalue weighted by Gasteiger charge is -2.20. The highest BCUT2D eigenvalue weighted by molar-refractivity contribution is 6.27. The number of pyridine rings is 1. The van der Waals surface area contributed by atoms with E-state index in [1.165, 1.54) is 5.56 Å². The fourth-order valence-corrected chi connectivity index (χ4v) is 1.92. The first-order valence-corrected chi connectivity index (χ1v) is 5.96. The molecule has 0 aliphatic carbocycles. The van der Waals surface area contributed by atoms with E-state index in [2.05, 4.69) is 42.6 Å². The molecule has 0 aromatic carbocycles. The summed E-state index contributed by atoms with van der Waals surface area (Å²) in [6, 6.07) is 4.34. The van der Waals surface area contributed by atoms with Gasteiger partial charge in [-0.3, -0.25) is 4.98 Å². The molecule has 88 valence electrons. The number of aromatic nitrogens is 1. The van der Waals surface area contributed by atoms with Crippen LogP contribution in [0.3, 0.4) is 0 Å². The van der Waals surface area contributed by atoms with Crippen LogP contribution in [-0.2, 0) is 5.41 Å². The molecule has 1 aliphatic rings. The summed E-state index contributed by atoms with van der Waals surface area (Å²) >= 11 is 0. The van der Waals surface area contributed by atoms with Gasteiger partial charge >= 0.3 is 5.71 Å². The predicted molar refractivity (Wildman–Crippen MR) is 74.5 cm³/mol. The molecule has 0 unspecified atom stereocenters. The Morgan fingerprint density at radius 1 is 1.12 bits per heavy atom. The summed E-state index contributed by atoms with van der Waals surface area (Å²) in [5, 5.41) is 0. The van der Waals surface area contributed by atoms with Gasteiger partial charge in [0.2, 0.25) is 0 Å². The molecule has 1 aromatic rings. The fourth-order valence-electron chi connectivity index (χ4n) is 1.92. The van der Waals surface area contributed by atoms with Gasteiger partial charge in [-0.1, -0.05) is 25.4 Å². The highest BCUT2D eigenvalue weighted by Crippen LogP contribution is 2.26. The van der Waals surface area contributed by atoms with Crippen molar-refractivity contribution in [1.82, 2.24) is 9.65 Å². The summed E-state index contributed by atoms with van der Waals surface area (Å²) in [6.07, 6.45) is 3.87. The maximum atomic E-state index is 4.61. The first-order valence-electron chi connectivity index (χ1n) is 5.96. The lowest BCUT2D eigenvalue weighted by Crippen LogP contribution is -2.13. The Morgan fingerprint density at radius 2 is 1.82 bits per heavy atom. The molecule has 0 spiro atoms. The summed E-state index contributed by atoms with van der Waals surface area (Å²) in [7, 11) is 0. The smallest absolute Gasteiger partial charge is 0.253 e. The van der Waals surface area contributed by atoms with Gasteiger partial charge in [-0.2, -0.15) is 0 Å². The van der Waals surface area contributed by atoms with Crippen LogP contribution in [0.4, 0.5) is 0 Å². The number of hydrogen-bond acceptors (Lipinski definition) is 1. The second-order valence-corrected chi connectivity index (χ2v) is 5.58. The molecule has 1 aliphatic heterocycles. The second kappa shape index (κ2) is 3.97. The third kappa shape index (κ3) is 2.37. The van der Waals surface area contributed by atoms with Crippen molar-refractivity contribution in [2.75, 3.05) is 0 Å². The van der Waals surface area contributed by atoms with Crippen molar-refractivity contribution in [2.45, 2.75) is 40.0 Å². The maximum Gasteiger partial charge on any atom is 0.310 e. The van der Waals surface area contributed by atoms with Gasteiger partial charge in [-0.25, -0.2) is 0 Å². The molecular weight excluding hydrogens is 208 g/mol. The third-order valence-electron chi connectivity index (χ3n) is 2.99. The van der Waals surface area contributed by atoms with E-state index in [0.29, 0.717) is 0 Å². The molecule has 17 heavy (non-hydrogen) atoms. The van der Waals surface area contributed by atoms with Gasteiger partial charge in [-0.15, -0.1) is 0 Å². The lowest BCUT2D eigenvalue weighted by molar-refractivity contribution is 0.588. The SMILES string of the molecule is CC1=[N+]=CC=C1c1cc(C(C)(C)C)cc(C)n1. The van der Waals surface area contributed by atoms with Gasteiger partial charge in [0, 0.05) is 18.7 Å². The van der Waals surface area contributed by atoms with Crippen molar-refractivity contribution in [2.24, 2.45) is 0 Å². The van der Waals surface area contributed by atoms with Gasteiger partial charge in [0.05, 0.1) is 11.3 Å². The van der Waals surface area contributed by atoms with E-state index in [-0.39, 0.29) is 5.41 Å². The van der Waals surface area contributed by atoms with Crippen molar-refractivity contribution in [3.05, 3.63) is 35.2 Å². The molecule has 0 radical (unpaired) electrons. The van der Waals surface area contributed by atoms with E-state index in [0.717, 1.165) is 22.7 Å². The van der Waals surface area contributed by atoms with Gasteiger partial charge in [0.25, 0.3) is 6.21 Å². The van der Waals surface area contributed by atoms with E-state index < -0.39 is 0 Å². The number of allylic oxidation sites excluding steroid dienone is 2. The Bertz CT molecular complexity index is 551. The van der Waals surface area contributed by atoms with Crippen LogP contribution in [0.1, 0.15) is 44.6 Å². The Kier molecular flexibility index (Phi) is 2.76. The number of hydrogen-bond donors (Lipinski definition) is 0. The molecule has 2 heteroatoms. The zero-order valence-corrected chi connectivity index (χ0v) is 11.2. The van der Waals surface area contributed by atoms with E-state index >= 15 is 0 Å². The molecule has 2 heterocycles. The summed E-state index contributed by atoms with van der Waals surface area (Å²) in [4.78, 5) is 4.61. The predicted octanol–water partition coefficient (Wildman–Crippen LogP) is 2.68. The quantitative estimate of drug-likeness (QED) is 0.678. The molecule has 2 nitrogen and oxygen atoms in total. The topological polar surface area (TPSA) is 27.0 Å². The summed E-state index contributed by atoms with van der Waals surface area (Å²) in [5.74, 6) is 0. The molecule has 0 saturated carbocycles. The van der Waals surface area contributed by atoms with Crippen LogP contribution in [-0.4, -0.2) is 16.9 Å². The number of rotatable bonds is 1. The Morgan fingerprint density at radius 3 is 2.35 bits per heavy atom. The van der Waals surface area contributed by atoms with Crippen LogP contribution in [0, 0.1) is 6.92 Å². The molecule has 1 aromatic heterocycles. The van der Waals surface area contributed by atoms with Gasteiger partial charge in [-0.05, 0) is 30.0 Å².